The van der Waals surface area contributed by atoms with E-state index in [4.69, 9.17) is 9.72 Å². The number of halogens is 3. The van der Waals surface area contributed by atoms with Gasteiger partial charge in [-0.1, -0.05) is 6.07 Å². The zero-order valence-electron chi connectivity index (χ0n) is 29.7. The van der Waals surface area contributed by atoms with Gasteiger partial charge in [0.25, 0.3) is 6.43 Å². The molecule has 3 aromatic heterocycles. The van der Waals surface area contributed by atoms with Gasteiger partial charge in [0.15, 0.2) is 0 Å². The second-order valence-electron chi connectivity index (χ2n) is 14.2. The van der Waals surface area contributed by atoms with Gasteiger partial charge >= 0.3 is 0 Å². The first-order chi connectivity index (χ1) is 24.9. The third-order valence-corrected chi connectivity index (χ3v) is 12.5. The summed E-state index contributed by atoms with van der Waals surface area (Å²) in [4.78, 5) is 18.1. The van der Waals surface area contributed by atoms with E-state index in [-0.39, 0.29) is 12.0 Å². The number of pyridine rings is 1. The summed E-state index contributed by atoms with van der Waals surface area (Å²) in [5.74, 6) is 1.47. The third-order valence-electron chi connectivity index (χ3n) is 10.4. The lowest BCUT2D eigenvalue weighted by Crippen LogP contribution is -2.47. The zero-order chi connectivity index (χ0) is 36.6. The van der Waals surface area contributed by atoms with E-state index in [1.165, 1.54) is 0 Å². The molecular formula is C37H43BrF2N9O2P. The maximum Gasteiger partial charge on any atom is 0.251 e. The van der Waals surface area contributed by atoms with Crippen molar-refractivity contribution in [2.45, 2.75) is 32.1 Å². The molecule has 2 saturated heterocycles. The molecule has 52 heavy (non-hydrogen) atoms. The Balaban J connectivity index is 1.17. The Morgan fingerprint density at radius 3 is 2.42 bits per heavy atom. The third kappa shape index (κ3) is 7.65. The van der Waals surface area contributed by atoms with E-state index in [1.54, 1.807) is 37.5 Å². The monoisotopic (exact) mass is 793 g/mol. The van der Waals surface area contributed by atoms with Gasteiger partial charge in [0.05, 0.1) is 41.2 Å². The molecule has 11 nitrogen and oxygen atoms in total. The molecule has 0 atom stereocenters. The van der Waals surface area contributed by atoms with Crippen LogP contribution in [0, 0.1) is 5.41 Å². The Labute approximate surface area is 310 Å². The fourth-order valence-corrected chi connectivity index (χ4v) is 9.37. The number of hydrogen-bond acceptors (Lipinski definition) is 10. The van der Waals surface area contributed by atoms with Crippen molar-refractivity contribution < 1.29 is 18.1 Å². The van der Waals surface area contributed by atoms with Gasteiger partial charge < -0.3 is 24.8 Å². The number of anilines is 5. The van der Waals surface area contributed by atoms with Gasteiger partial charge in [0.2, 0.25) is 5.95 Å². The van der Waals surface area contributed by atoms with Crippen LogP contribution in [0.3, 0.4) is 0 Å². The van der Waals surface area contributed by atoms with Crippen molar-refractivity contribution in [1.29, 1.82) is 0 Å². The van der Waals surface area contributed by atoms with Crippen LogP contribution in [0.4, 0.5) is 37.6 Å². The predicted octanol–water partition coefficient (Wildman–Crippen LogP) is 7.88. The molecule has 0 aliphatic carbocycles. The van der Waals surface area contributed by atoms with Crippen molar-refractivity contribution in [2.75, 3.05) is 68.7 Å². The quantitative estimate of drug-likeness (QED) is 0.136. The lowest BCUT2D eigenvalue weighted by molar-refractivity contribution is 0.0338. The lowest BCUT2D eigenvalue weighted by Gasteiger charge is -2.47. The van der Waals surface area contributed by atoms with Crippen molar-refractivity contribution in [3.8, 4) is 16.9 Å². The van der Waals surface area contributed by atoms with E-state index < -0.39 is 13.6 Å². The molecule has 2 aliphatic rings. The molecule has 0 radical (unpaired) electrons. The topological polar surface area (TPSA) is 113 Å². The van der Waals surface area contributed by atoms with Crippen molar-refractivity contribution >= 4 is 68.1 Å². The first-order valence-corrected chi connectivity index (χ1v) is 20.8. The summed E-state index contributed by atoms with van der Waals surface area (Å²) in [5.41, 5.74) is 5.32. The Kier molecular flexibility index (Phi) is 10.3. The first-order valence-electron chi connectivity index (χ1n) is 17.4. The van der Waals surface area contributed by atoms with Crippen LogP contribution >= 0.6 is 23.1 Å². The molecule has 2 aromatic carbocycles. The van der Waals surface area contributed by atoms with E-state index in [2.05, 4.69) is 58.7 Å². The van der Waals surface area contributed by atoms with Crippen molar-refractivity contribution in [3.63, 3.8) is 0 Å². The van der Waals surface area contributed by atoms with Crippen LogP contribution in [0.5, 0.6) is 5.75 Å². The fraction of sp³-hybridized carbons (Fsp3) is 0.405. The average Bonchev–Trinajstić information content (AvgIpc) is 3.56. The molecule has 0 unspecified atom stereocenters. The number of fused-ring (bicyclic) bond motifs is 1. The number of alkyl halides is 2. The van der Waals surface area contributed by atoms with Crippen LogP contribution in [0.15, 0.2) is 65.7 Å². The van der Waals surface area contributed by atoms with Gasteiger partial charge in [-0.15, -0.1) is 0 Å². The molecule has 7 rings (SSSR count). The van der Waals surface area contributed by atoms with Crippen LogP contribution < -0.4 is 25.6 Å². The van der Waals surface area contributed by atoms with Crippen LogP contribution in [-0.4, -0.2) is 89.2 Å². The van der Waals surface area contributed by atoms with Crippen molar-refractivity contribution in [3.05, 3.63) is 65.7 Å². The standard InChI is InChI=1S/C37H43BrF2N9O2P/c1-47-22-24(20-43-47)26-18-30(32(51-2)19-31(26)49-16-11-37(12-17-49)9-14-48(15-10-37)23-33(39)40)45-36-42-21-27(38)35(46-36)44-29-8-7-28-25(6-5-13-41-28)34(29)52(3,4)50/h5-8,13,18-22,33H,9-12,14-17,23H2,1-4H3,(H2,42,44,45,46). The predicted molar refractivity (Wildman–Crippen MR) is 208 cm³/mol. The average molecular weight is 795 g/mol. The minimum absolute atomic E-state index is 0.135. The summed E-state index contributed by atoms with van der Waals surface area (Å²) >= 11 is 3.59. The highest BCUT2D eigenvalue weighted by Gasteiger charge is 2.38. The van der Waals surface area contributed by atoms with E-state index in [0.29, 0.717) is 38.7 Å². The largest absolute Gasteiger partial charge is 0.494 e. The maximum absolute atomic E-state index is 13.5. The summed E-state index contributed by atoms with van der Waals surface area (Å²) in [6.45, 7) is 6.55. The molecule has 2 fully saturated rings. The SMILES string of the molecule is COc1cc(N2CCC3(CCN(CC(F)F)CC3)CC2)c(-c2cnn(C)c2)cc1Nc1ncc(Br)c(Nc2ccc3ncccc3c2P(C)(C)=O)n1. The van der Waals surface area contributed by atoms with E-state index in [0.717, 1.165) is 79.6 Å². The highest BCUT2D eigenvalue weighted by Crippen LogP contribution is 2.46. The molecule has 0 saturated carbocycles. The Hall–Kier alpha value is -4.13. The number of aryl methyl sites for hydroxylation is 1. The number of benzene rings is 2. The molecule has 2 N–H and O–H groups in total. The molecule has 5 aromatic rings. The van der Waals surface area contributed by atoms with Gasteiger partial charge in [-0.05, 0) is 97.7 Å². The minimum atomic E-state index is -2.73. The van der Waals surface area contributed by atoms with E-state index in [1.807, 2.05) is 48.6 Å². The van der Waals surface area contributed by atoms with Crippen LogP contribution in [0.25, 0.3) is 22.0 Å². The smallest absolute Gasteiger partial charge is 0.251 e. The number of rotatable bonds is 10. The molecule has 0 bridgehead atoms. The Morgan fingerprint density at radius 2 is 1.75 bits per heavy atom. The number of likely N-dealkylation sites (tertiary alicyclic amines) is 1. The Morgan fingerprint density at radius 1 is 1.00 bits per heavy atom. The summed E-state index contributed by atoms with van der Waals surface area (Å²) < 4.78 is 47.9. The molecule has 5 heterocycles. The van der Waals surface area contributed by atoms with E-state index >= 15 is 0 Å². The van der Waals surface area contributed by atoms with Crippen molar-refractivity contribution in [2.24, 2.45) is 12.5 Å². The first kappa shape index (κ1) is 36.2. The fourth-order valence-electron chi connectivity index (χ4n) is 7.60. The van der Waals surface area contributed by atoms with Gasteiger partial charge in [-0.2, -0.15) is 10.1 Å². The molecule has 1 spiro atoms. The summed E-state index contributed by atoms with van der Waals surface area (Å²) in [6.07, 6.45) is 8.88. The maximum atomic E-state index is 13.5. The molecule has 2 aliphatic heterocycles. The van der Waals surface area contributed by atoms with E-state index in [9.17, 15) is 13.3 Å². The zero-order valence-corrected chi connectivity index (χ0v) is 32.2. The summed E-state index contributed by atoms with van der Waals surface area (Å²) in [6, 6.07) is 11.7. The lowest BCUT2D eigenvalue weighted by atomic mass is 9.71. The molecule has 0 amide bonds. The number of hydrogen-bond donors (Lipinski definition) is 2. The van der Waals surface area contributed by atoms with Gasteiger partial charge in [0.1, 0.15) is 18.7 Å². The van der Waals surface area contributed by atoms with Crippen LogP contribution in [0.2, 0.25) is 0 Å². The second kappa shape index (κ2) is 14.7. The number of piperidine rings is 2. The van der Waals surface area contributed by atoms with Crippen LogP contribution in [0.1, 0.15) is 25.7 Å². The summed E-state index contributed by atoms with van der Waals surface area (Å²) in [5, 5.41) is 12.8. The van der Waals surface area contributed by atoms with Gasteiger partial charge in [-0.25, -0.2) is 13.8 Å². The molecular weight excluding hydrogens is 751 g/mol. The van der Waals surface area contributed by atoms with Crippen molar-refractivity contribution in [1.82, 2.24) is 29.6 Å². The number of nitrogens with one attached hydrogen (secondary N) is 2. The van der Waals surface area contributed by atoms with Crippen LogP contribution in [-0.2, 0) is 11.6 Å². The summed E-state index contributed by atoms with van der Waals surface area (Å²) in [7, 11) is 0.813. The minimum Gasteiger partial charge on any atom is -0.494 e. The molecule has 274 valence electrons. The number of methoxy groups -OCH3 is 1. The molecule has 15 heteroatoms. The number of aromatic nitrogens is 5. The van der Waals surface area contributed by atoms with Gasteiger partial charge in [0, 0.05) is 72.3 Å². The second-order valence-corrected chi connectivity index (χ2v) is 18.2. The number of ether oxygens (including phenoxy) is 1. The van der Waals surface area contributed by atoms with Gasteiger partial charge in [-0.3, -0.25) is 14.6 Å². The highest BCUT2D eigenvalue weighted by atomic mass is 79.9. The Bertz CT molecular complexity index is 2120. The number of nitrogens with zero attached hydrogens (tertiary/aromatic N) is 7. The highest BCUT2D eigenvalue weighted by molar-refractivity contribution is 9.10. The normalized spacial score (nSPS) is 16.5.